The van der Waals surface area contributed by atoms with E-state index in [-0.39, 0.29) is 13.2 Å². The normalized spacial score (nSPS) is 13.6. The molecule has 0 aliphatic carbocycles. The third kappa shape index (κ3) is 9.69. The minimum Gasteiger partial charge on any atom is -0.389 e. The molecule has 0 fully saturated rings. The van der Waals surface area contributed by atoms with Gasteiger partial charge in [-0.05, 0) is 0 Å². The molecule has 0 aromatic rings. The quantitative estimate of drug-likeness (QED) is 0.552. The van der Waals surface area contributed by atoms with Crippen LogP contribution in [0.3, 0.4) is 0 Å². The maximum absolute atomic E-state index is 11.7. The second-order valence-electron chi connectivity index (χ2n) is 3.13. The predicted molar refractivity (Wildman–Crippen MR) is 49.8 cm³/mol. The number of nitrogens with one attached hydrogen (secondary N) is 2. The Labute approximate surface area is 91.0 Å². The first-order valence-corrected chi connectivity index (χ1v) is 4.56. The van der Waals surface area contributed by atoms with E-state index in [1.807, 2.05) is 5.32 Å². The van der Waals surface area contributed by atoms with Crippen LogP contribution in [0.25, 0.3) is 0 Å². The van der Waals surface area contributed by atoms with Gasteiger partial charge in [0, 0.05) is 13.7 Å². The highest BCUT2D eigenvalue weighted by Gasteiger charge is 2.26. The molecule has 1 atom stereocenters. The van der Waals surface area contributed by atoms with Gasteiger partial charge >= 0.3 is 6.18 Å². The number of methoxy groups -OCH3 is 1. The van der Waals surface area contributed by atoms with Gasteiger partial charge in [0.25, 0.3) is 0 Å². The van der Waals surface area contributed by atoms with E-state index in [0.717, 1.165) is 0 Å². The molecule has 0 saturated carbocycles. The molecule has 0 bridgehead atoms. The molecule has 1 unspecified atom stereocenters. The Morgan fingerprint density at radius 1 is 1.50 bits per heavy atom. The molecule has 96 valence electrons. The molecule has 8 heteroatoms. The molecule has 0 aromatic carbocycles. The van der Waals surface area contributed by atoms with Crippen molar-refractivity contribution < 1.29 is 27.8 Å². The molecule has 0 heterocycles. The first-order valence-electron chi connectivity index (χ1n) is 4.56. The van der Waals surface area contributed by atoms with Crippen molar-refractivity contribution in [1.82, 2.24) is 10.6 Å². The first-order chi connectivity index (χ1) is 7.35. The van der Waals surface area contributed by atoms with Gasteiger partial charge in [-0.1, -0.05) is 0 Å². The topological polar surface area (TPSA) is 70.6 Å². The van der Waals surface area contributed by atoms with Crippen LogP contribution in [0.1, 0.15) is 0 Å². The summed E-state index contributed by atoms with van der Waals surface area (Å²) in [5, 5.41) is 13.3. The van der Waals surface area contributed by atoms with Crippen molar-refractivity contribution in [3.63, 3.8) is 0 Å². The van der Waals surface area contributed by atoms with Crippen molar-refractivity contribution in [2.45, 2.75) is 12.3 Å². The van der Waals surface area contributed by atoms with Crippen molar-refractivity contribution in [3.8, 4) is 0 Å². The molecule has 0 aliphatic heterocycles. The van der Waals surface area contributed by atoms with E-state index >= 15 is 0 Å². The lowest BCUT2D eigenvalue weighted by atomic mass is 10.3. The highest BCUT2D eigenvalue weighted by atomic mass is 19.4. The van der Waals surface area contributed by atoms with Gasteiger partial charge in [0.1, 0.15) is 0 Å². The second kappa shape index (κ2) is 7.42. The summed E-state index contributed by atoms with van der Waals surface area (Å²) in [6.45, 7) is -1.67. The lowest BCUT2D eigenvalue weighted by Gasteiger charge is -2.11. The Hall–Kier alpha value is -0.860. The number of hydrogen-bond donors (Lipinski definition) is 3. The molecule has 16 heavy (non-hydrogen) atoms. The Bertz CT molecular complexity index is 211. The van der Waals surface area contributed by atoms with E-state index in [9.17, 15) is 18.0 Å². The number of rotatable bonds is 7. The standard InChI is InChI=1S/C8H15F3N2O3/c1-16-4-6(14)2-13-7(15)3-12-5-8(9,10)11/h6,12,14H,2-5H2,1H3,(H,13,15). The van der Waals surface area contributed by atoms with Crippen molar-refractivity contribution in [2.75, 3.05) is 33.4 Å². The van der Waals surface area contributed by atoms with Crippen LogP contribution in [-0.2, 0) is 9.53 Å². The highest BCUT2D eigenvalue weighted by Crippen LogP contribution is 2.11. The van der Waals surface area contributed by atoms with Crippen LogP contribution < -0.4 is 10.6 Å². The molecule has 0 aromatic heterocycles. The Morgan fingerprint density at radius 3 is 2.62 bits per heavy atom. The van der Waals surface area contributed by atoms with Crippen LogP contribution in [0, 0.1) is 0 Å². The van der Waals surface area contributed by atoms with E-state index < -0.39 is 31.3 Å². The van der Waals surface area contributed by atoms with Crippen molar-refractivity contribution in [3.05, 3.63) is 0 Å². The maximum Gasteiger partial charge on any atom is 0.401 e. The Morgan fingerprint density at radius 2 is 2.12 bits per heavy atom. The highest BCUT2D eigenvalue weighted by molar-refractivity contribution is 5.77. The molecule has 0 rings (SSSR count). The third-order valence-electron chi connectivity index (χ3n) is 1.50. The number of alkyl halides is 3. The fourth-order valence-corrected chi connectivity index (χ4v) is 0.863. The number of carbonyl (C=O) groups excluding carboxylic acids is 1. The number of aliphatic hydroxyl groups is 1. The van der Waals surface area contributed by atoms with Gasteiger partial charge in [-0.3, -0.25) is 4.79 Å². The molecule has 0 aliphatic rings. The van der Waals surface area contributed by atoms with Gasteiger partial charge in [0.2, 0.25) is 5.91 Å². The number of aliphatic hydroxyl groups excluding tert-OH is 1. The van der Waals surface area contributed by atoms with Crippen LogP contribution in [0.5, 0.6) is 0 Å². The average Bonchev–Trinajstić information content (AvgIpc) is 2.13. The van der Waals surface area contributed by atoms with E-state index in [0.29, 0.717) is 0 Å². The van der Waals surface area contributed by atoms with Gasteiger partial charge in [-0.15, -0.1) is 0 Å². The maximum atomic E-state index is 11.7. The second-order valence-corrected chi connectivity index (χ2v) is 3.13. The van der Waals surface area contributed by atoms with Crippen LogP contribution in [0.4, 0.5) is 13.2 Å². The molecule has 5 nitrogen and oxygen atoms in total. The Kier molecular flexibility index (Phi) is 7.02. The summed E-state index contributed by atoms with van der Waals surface area (Å²) >= 11 is 0. The SMILES string of the molecule is COCC(O)CNC(=O)CNCC(F)(F)F. The van der Waals surface area contributed by atoms with Crippen molar-refractivity contribution >= 4 is 5.91 Å². The molecule has 0 spiro atoms. The number of amides is 1. The van der Waals surface area contributed by atoms with Gasteiger partial charge in [-0.2, -0.15) is 13.2 Å². The summed E-state index contributed by atoms with van der Waals surface area (Å²) < 4.78 is 39.6. The lowest BCUT2D eigenvalue weighted by Crippen LogP contribution is -2.41. The minimum atomic E-state index is -4.34. The fraction of sp³-hybridized carbons (Fsp3) is 0.875. The summed E-state index contributed by atoms with van der Waals surface area (Å²) in [6.07, 6.45) is -5.20. The zero-order valence-corrected chi connectivity index (χ0v) is 8.80. The minimum absolute atomic E-state index is 0.0518. The Balaban J connectivity index is 3.52. The zero-order chi connectivity index (χ0) is 12.6. The largest absolute Gasteiger partial charge is 0.401 e. The monoisotopic (exact) mass is 244 g/mol. The first kappa shape index (κ1) is 15.1. The van der Waals surface area contributed by atoms with Crippen LogP contribution in [-0.4, -0.2) is 56.6 Å². The molecule has 0 saturated heterocycles. The summed E-state index contributed by atoms with van der Waals surface area (Å²) in [5.74, 6) is -0.612. The van der Waals surface area contributed by atoms with Gasteiger partial charge in [0.05, 0.1) is 25.8 Å². The lowest BCUT2D eigenvalue weighted by molar-refractivity contribution is -0.128. The molecule has 0 radical (unpaired) electrons. The molecular weight excluding hydrogens is 229 g/mol. The predicted octanol–water partition coefficient (Wildman–Crippen LogP) is -0.738. The van der Waals surface area contributed by atoms with Gasteiger partial charge in [-0.25, -0.2) is 0 Å². The van der Waals surface area contributed by atoms with Gasteiger partial charge < -0.3 is 20.5 Å². The number of hydrogen-bond acceptors (Lipinski definition) is 4. The van der Waals surface area contributed by atoms with Crippen LogP contribution >= 0.6 is 0 Å². The van der Waals surface area contributed by atoms with E-state index in [1.54, 1.807) is 0 Å². The summed E-state index contributed by atoms with van der Waals surface area (Å²) in [4.78, 5) is 10.9. The number of carbonyl (C=O) groups is 1. The summed E-state index contributed by atoms with van der Waals surface area (Å²) in [5.41, 5.74) is 0. The van der Waals surface area contributed by atoms with Crippen LogP contribution in [0.2, 0.25) is 0 Å². The van der Waals surface area contributed by atoms with Gasteiger partial charge in [0.15, 0.2) is 0 Å². The fourth-order valence-electron chi connectivity index (χ4n) is 0.863. The zero-order valence-electron chi connectivity index (χ0n) is 8.80. The smallest absolute Gasteiger partial charge is 0.389 e. The van der Waals surface area contributed by atoms with E-state index in [1.165, 1.54) is 7.11 Å². The van der Waals surface area contributed by atoms with Crippen molar-refractivity contribution in [2.24, 2.45) is 0 Å². The van der Waals surface area contributed by atoms with Crippen LogP contribution in [0.15, 0.2) is 0 Å². The van der Waals surface area contributed by atoms with Crippen molar-refractivity contribution in [1.29, 1.82) is 0 Å². The van der Waals surface area contributed by atoms with E-state index in [2.05, 4.69) is 10.1 Å². The molecular formula is C8H15F3N2O3. The summed E-state index contributed by atoms with van der Waals surface area (Å²) in [7, 11) is 1.38. The third-order valence-corrected chi connectivity index (χ3v) is 1.50. The number of halogens is 3. The molecule has 3 N–H and O–H groups in total. The van der Waals surface area contributed by atoms with E-state index in [4.69, 9.17) is 5.11 Å². The molecule has 1 amide bonds. The number of ether oxygens (including phenoxy) is 1. The average molecular weight is 244 g/mol. The summed E-state index contributed by atoms with van der Waals surface area (Å²) in [6, 6.07) is 0.